The Labute approximate surface area is 180 Å². The summed E-state index contributed by atoms with van der Waals surface area (Å²) >= 11 is 3.55. The maximum absolute atomic E-state index is 13.3. The second-order valence-electron chi connectivity index (χ2n) is 7.14. The largest absolute Gasteiger partial charge is 0.327 e. The van der Waals surface area contributed by atoms with Crippen LogP contribution in [0.15, 0.2) is 59.2 Å². The molecule has 1 amide bonds. The van der Waals surface area contributed by atoms with Crippen LogP contribution < -0.4 is 0 Å². The maximum Gasteiger partial charge on any atom is 0.255 e. The van der Waals surface area contributed by atoms with Crippen LogP contribution in [0.2, 0.25) is 0 Å². The molecule has 0 bridgehead atoms. The van der Waals surface area contributed by atoms with E-state index in [1.54, 1.807) is 6.20 Å². The first-order valence-corrected chi connectivity index (χ1v) is 10.2. The zero-order chi connectivity index (χ0) is 20.7. The third-order valence-corrected chi connectivity index (χ3v) is 6.18. The summed E-state index contributed by atoms with van der Waals surface area (Å²) in [4.78, 5) is 19.3. The molecular formula is C22H15BrN6O. The van der Waals surface area contributed by atoms with Gasteiger partial charge in [0.25, 0.3) is 5.91 Å². The van der Waals surface area contributed by atoms with Crippen molar-refractivity contribution in [2.75, 3.05) is 0 Å². The lowest BCUT2D eigenvalue weighted by Gasteiger charge is -2.26. The number of aromatic nitrogens is 4. The molecule has 1 aliphatic rings. The van der Waals surface area contributed by atoms with Crippen molar-refractivity contribution in [1.82, 2.24) is 25.3 Å². The van der Waals surface area contributed by atoms with Gasteiger partial charge in [0.15, 0.2) is 0 Å². The lowest BCUT2D eigenvalue weighted by Crippen LogP contribution is -2.29. The van der Waals surface area contributed by atoms with Gasteiger partial charge in [0.2, 0.25) is 0 Å². The van der Waals surface area contributed by atoms with Crippen LogP contribution in [0.3, 0.4) is 0 Å². The van der Waals surface area contributed by atoms with E-state index in [1.165, 1.54) is 0 Å². The summed E-state index contributed by atoms with van der Waals surface area (Å²) in [6.07, 6.45) is 2.09. The van der Waals surface area contributed by atoms with Gasteiger partial charge in [-0.15, -0.1) is 5.10 Å². The van der Waals surface area contributed by atoms with Crippen LogP contribution in [0, 0.1) is 11.3 Å². The van der Waals surface area contributed by atoms with E-state index in [2.05, 4.69) is 42.4 Å². The normalized spacial score (nSPS) is 15.4. The van der Waals surface area contributed by atoms with E-state index >= 15 is 0 Å². The highest BCUT2D eigenvalue weighted by Crippen LogP contribution is 2.38. The molecule has 1 atom stereocenters. The van der Waals surface area contributed by atoms with E-state index < -0.39 is 0 Å². The van der Waals surface area contributed by atoms with Gasteiger partial charge in [-0.05, 0) is 35.4 Å². The number of hydrogen-bond acceptors (Lipinski definition) is 5. The Morgan fingerprint density at radius 3 is 2.93 bits per heavy atom. The Morgan fingerprint density at radius 2 is 2.07 bits per heavy atom. The fourth-order valence-corrected chi connectivity index (χ4v) is 4.45. The number of halogens is 1. The van der Waals surface area contributed by atoms with Gasteiger partial charge in [-0.25, -0.2) is 4.98 Å². The van der Waals surface area contributed by atoms with Crippen molar-refractivity contribution in [1.29, 1.82) is 5.26 Å². The Balaban J connectivity index is 1.55. The lowest BCUT2D eigenvalue weighted by molar-refractivity contribution is 0.0709. The fourth-order valence-electron chi connectivity index (χ4n) is 3.98. The monoisotopic (exact) mass is 458 g/mol. The number of pyridine rings is 1. The Morgan fingerprint density at radius 1 is 1.20 bits per heavy atom. The zero-order valence-electron chi connectivity index (χ0n) is 15.7. The van der Waals surface area contributed by atoms with Gasteiger partial charge in [0, 0.05) is 34.8 Å². The van der Waals surface area contributed by atoms with Crippen molar-refractivity contribution in [2.24, 2.45) is 0 Å². The van der Waals surface area contributed by atoms with E-state index in [0.717, 1.165) is 32.2 Å². The summed E-state index contributed by atoms with van der Waals surface area (Å²) in [5, 5.41) is 20.3. The molecule has 0 saturated heterocycles. The first-order chi connectivity index (χ1) is 14.7. The molecule has 3 heterocycles. The topological polar surface area (TPSA) is 98.6 Å². The molecule has 2 aromatic heterocycles. The van der Waals surface area contributed by atoms with Crippen LogP contribution in [0.1, 0.15) is 38.8 Å². The average Bonchev–Trinajstić information content (AvgIpc) is 3.33. The summed E-state index contributed by atoms with van der Waals surface area (Å²) < 4.78 is 0.815. The number of aromatic amines is 1. The summed E-state index contributed by atoms with van der Waals surface area (Å²) in [5.41, 5.74) is 5.40. The predicted molar refractivity (Wildman–Crippen MR) is 113 cm³/mol. The number of nitriles is 1. The summed E-state index contributed by atoms with van der Waals surface area (Å²) in [5.74, 6) is -0.0191. The molecule has 0 fully saturated rings. The number of fused-ring (bicyclic) bond motifs is 2. The van der Waals surface area contributed by atoms with E-state index in [1.807, 2.05) is 53.4 Å². The highest BCUT2D eigenvalue weighted by atomic mass is 79.9. The number of H-pyrrole nitrogens is 1. The van der Waals surface area contributed by atoms with Crippen molar-refractivity contribution >= 4 is 32.9 Å². The molecule has 1 aliphatic heterocycles. The van der Waals surface area contributed by atoms with E-state index in [0.29, 0.717) is 24.2 Å². The van der Waals surface area contributed by atoms with E-state index in [-0.39, 0.29) is 11.9 Å². The van der Waals surface area contributed by atoms with Gasteiger partial charge in [-0.3, -0.25) is 9.89 Å². The van der Waals surface area contributed by atoms with Gasteiger partial charge in [0.1, 0.15) is 17.3 Å². The molecule has 0 spiro atoms. The molecule has 5 rings (SSSR count). The molecule has 0 saturated carbocycles. The van der Waals surface area contributed by atoms with Crippen molar-refractivity contribution in [3.05, 3.63) is 87.1 Å². The summed E-state index contributed by atoms with van der Waals surface area (Å²) in [7, 11) is 0. The maximum atomic E-state index is 13.3. The summed E-state index contributed by atoms with van der Waals surface area (Å²) in [6, 6.07) is 17.3. The average molecular weight is 459 g/mol. The van der Waals surface area contributed by atoms with Crippen molar-refractivity contribution in [3.63, 3.8) is 0 Å². The third kappa shape index (κ3) is 3.04. The Hall–Kier alpha value is -3.57. The number of carbonyl (C=O) groups excluding carboxylic acids is 1. The predicted octanol–water partition coefficient (Wildman–Crippen LogP) is 3.93. The van der Waals surface area contributed by atoms with Crippen molar-refractivity contribution < 1.29 is 4.79 Å². The fraction of sp³-hybridized carbons (Fsp3) is 0.136. The molecule has 0 radical (unpaired) electrons. The molecule has 7 nitrogen and oxygen atoms in total. The third-order valence-electron chi connectivity index (χ3n) is 5.43. The molecule has 1 unspecified atom stereocenters. The highest BCUT2D eigenvalue weighted by molar-refractivity contribution is 9.10. The van der Waals surface area contributed by atoms with Gasteiger partial charge in [-0.1, -0.05) is 45.4 Å². The van der Waals surface area contributed by atoms with Gasteiger partial charge >= 0.3 is 0 Å². The van der Waals surface area contributed by atoms with Crippen LogP contribution >= 0.6 is 15.9 Å². The number of benzene rings is 2. The molecule has 30 heavy (non-hydrogen) atoms. The first-order valence-electron chi connectivity index (χ1n) is 9.39. The molecule has 2 aromatic carbocycles. The molecule has 0 aliphatic carbocycles. The molecule has 4 aromatic rings. The molecule has 146 valence electrons. The standard InChI is InChI=1S/C22H15BrN6O/c23-17-7-8-25-20(11-24)16(17)10-21-14-3-1-2-4-15(14)22(30)29(21)12-13-5-6-18-19(9-13)27-28-26-18/h1-9,21H,10,12H2,(H,26,27,28). The van der Waals surface area contributed by atoms with Crippen LogP contribution in [0.5, 0.6) is 0 Å². The molecule has 8 heteroatoms. The van der Waals surface area contributed by atoms with E-state index in [9.17, 15) is 10.1 Å². The second kappa shape index (κ2) is 7.35. The highest BCUT2D eigenvalue weighted by Gasteiger charge is 2.37. The SMILES string of the molecule is N#Cc1nccc(Br)c1CC1c2ccccc2C(=O)N1Cc1ccc2[nH]nnc2c1. The van der Waals surface area contributed by atoms with Gasteiger partial charge in [0.05, 0.1) is 11.6 Å². The minimum atomic E-state index is -0.200. The number of amides is 1. The van der Waals surface area contributed by atoms with Crippen LogP contribution in [-0.4, -0.2) is 31.2 Å². The number of hydrogen-bond donors (Lipinski definition) is 1. The number of carbonyl (C=O) groups is 1. The smallest absolute Gasteiger partial charge is 0.255 e. The van der Waals surface area contributed by atoms with Crippen LogP contribution in [0.25, 0.3) is 11.0 Å². The van der Waals surface area contributed by atoms with Crippen molar-refractivity contribution in [3.8, 4) is 6.07 Å². The van der Waals surface area contributed by atoms with Crippen molar-refractivity contribution in [2.45, 2.75) is 19.0 Å². The second-order valence-corrected chi connectivity index (χ2v) is 7.99. The zero-order valence-corrected chi connectivity index (χ0v) is 17.3. The van der Waals surface area contributed by atoms with Crippen LogP contribution in [-0.2, 0) is 13.0 Å². The molecular weight excluding hydrogens is 444 g/mol. The number of nitrogens with one attached hydrogen (secondary N) is 1. The minimum absolute atomic E-state index is 0.0191. The lowest BCUT2D eigenvalue weighted by atomic mass is 9.97. The van der Waals surface area contributed by atoms with Gasteiger partial charge in [-0.2, -0.15) is 5.26 Å². The molecule has 1 N–H and O–H groups in total. The Kier molecular flexibility index (Phi) is 4.52. The quantitative estimate of drug-likeness (QED) is 0.499. The Bertz CT molecular complexity index is 1320. The van der Waals surface area contributed by atoms with Crippen LogP contribution in [0.4, 0.5) is 0 Å². The number of nitrogens with zero attached hydrogens (tertiary/aromatic N) is 5. The first kappa shape index (κ1) is 18.5. The minimum Gasteiger partial charge on any atom is -0.327 e. The van der Waals surface area contributed by atoms with E-state index in [4.69, 9.17) is 0 Å². The van der Waals surface area contributed by atoms with Gasteiger partial charge < -0.3 is 4.90 Å². The summed E-state index contributed by atoms with van der Waals surface area (Å²) in [6.45, 7) is 0.431. The number of rotatable bonds is 4.